The van der Waals surface area contributed by atoms with Gasteiger partial charge in [0.15, 0.2) is 0 Å². The number of rotatable bonds is 8. The van der Waals surface area contributed by atoms with E-state index in [0.717, 1.165) is 45.7 Å². The van der Waals surface area contributed by atoms with Crippen molar-refractivity contribution in [3.05, 3.63) is 89.1 Å². The second-order valence-electron chi connectivity index (χ2n) is 8.43. The summed E-state index contributed by atoms with van der Waals surface area (Å²) in [5.41, 5.74) is 7.68. The Balaban J connectivity index is 1.85. The fourth-order valence-electron chi connectivity index (χ4n) is 3.70. The first-order valence-electron chi connectivity index (χ1n) is 11.4. The number of nitrogens with zero attached hydrogens (tertiary/aromatic N) is 1. The molecule has 4 heteroatoms. The van der Waals surface area contributed by atoms with E-state index < -0.39 is 0 Å². The lowest BCUT2D eigenvalue weighted by molar-refractivity contribution is 0.393. The Hall–Kier alpha value is -3.40. The van der Waals surface area contributed by atoms with Crippen LogP contribution in [0.4, 0.5) is 10.1 Å². The van der Waals surface area contributed by atoms with E-state index in [2.05, 4.69) is 35.4 Å². The van der Waals surface area contributed by atoms with E-state index >= 15 is 0 Å². The maximum Gasteiger partial charge on any atom is 0.218 e. The summed E-state index contributed by atoms with van der Waals surface area (Å²) in [6, 6.07) is 13.4. The predicted octanol–water partition coefficient (Wildman–Crippen LogP) is 8.24. The van der Waals surface area contributed by atoms with Crippen LogP contribution in [0.25, 0.3) is 22.3 Å². The Morgan fingerprint density at radius 2 is 1.73 bits per heavy atom. The average Bonchev–Trinajstić information content (AvgIpc) is 2.79. The van der Waals surface area contributed by atoms with Crippen LogP contribution in [0.3, 0.4) is 0 Å². The highest BCUT2D eigenvalue weighted by Gasteiger charge is 2.13. The lowest BCUT2D eigenvalue weighted by Gasteiger charge is -2.15. The zero-order valence-corrected chi connectivity index (χ0v) is 20.4. The van der Waals surface area contributed by atoms with Gasteiger partial charge >= 0.3 is 0 Å². The summed E-state index contributed by atoms with van der Waals surface area (Å²) in [5.74, 6) is 1.25. The Bertz CT molecular complexity index is 1170. The number of benzene rings is 2. The number of halogens is 1. The molecule has 0 aliphatic heterocycles. The van der Waals surface area contributed by atoms with Crippen molar-refractivity contribution in [1.29, 1.82) is 0 Å². The number of hydrogen-bond donors (Lipinski definition) is 1. The van der Waals surface area contributed by atoms with Crippen LogP contribution in [-0.4, -0.2) is 11.5 Å². The molecule has 1 heterocycles. The maximum atomic E-state index is 15.0. The second kappa shape index (κ2) is 11.0. The third-order valence-electron chi connectivity index (χ3n) is 5.60. The molecule has 1 N–H and O–H groups in total. The Morgan fingerprint density at radius 1 is 1.00 bits per heavy atom. The smallest absolute Gasteiger partial charge is 0.218 e. The average molecular weight is 445 g/mol. The van der Waals surface area contributed by atoms with Crippen LogP contribution in [0.1, 0.15) is 45.2 Å². The molecule has 33 heavy (non-hydrogen) atoms. The number of aryl methyl sites for hydroxylation is 2. The minimum Gasteiger partial charge on any atom is -0.444 e. The Morgan fingerprint density at radius 3 is 2.33 bits per heavy atom. The van der Waals surface area contributed by atoms with E-state index in [1.807, 2.05) is 71.2 Å². The van der Waals surface area contributed by atoms with Crippen molar-refractivity contribution in [3.63, 3.8) is 0 Å². The fourth-order valence-corrected chi connectivity index (χ4v) is 3.70. The van der Waals surface area contributed by atoms with Crippen molar-refractivity contribution in [1.82, 2.24) is 4.98 Å². The lowest BCUT2D eigenvalue weighted by atomic mass is 9.92. The van der Waals surface area contributed by atoms with Gasteiger partial charge in [0.25, 0.3) is 0 Å². The molecule has 0 unspecified atom stereocenters. The molecular formula is C29H33FN2O. The minimum atomic E-state index is -0.230. The van der Waals surface area contributed by atoms with E-state index in [-0.39, 0.29) is 5.82 Å². The monoisotopic (exact) mass is 444 g/mol. The van der Waals surface area contributed by atoms with E-state index in [1.165, 1.54) is 5.57 Å². The zero-order valence-electron chi connectivity index (χ0n) is 20.4. The van der Waals surface area contributed by atoms with Crippen molar-refractivity contribution in [2.24, 2.45) is 0 Å². The summed E-state index contributed by atoms with van der Waals surface area (Å²) in [6.07, 6.45) is 6.68. The van der Waals surface area contributed by atoms with E-state index in [9.17, 15) is 4.39 Å². The van der Waals surface area contributed by atoms with Crippen molar-refractivity contribution in [2.45, 2.75) is 48.0 Å². The summed E-state index contributed by atoms with van der Waals surface area (Å²) in [6.45, 7) is 12.8. The van der Waals surface area contributed by atoms with E-state index in [4.69, 9.17) is 4.74 Å². The number of ether oxygens (including phenoxy) is 1. The molecule has 2 aromatic carbocycles. The fraction of sp³-hybridized carbons (Fsp3) is 0.276. The molecule has 0 amide bonds. The van der Waals surface area contributed by atoms with Crippen LogP contribution in [0.5, 0.6) is 5.88 Å². The highest BCUT2D eigenvalue weighted by Crippen LogP contribution is 2.34. The van der Waals surface area contributed by atoms with Crippen LogP contribution >= 0.6 is 0 Å². The first kappa shape index (κ1) is 24.2. The Labute approximate surface area is 197 Å². The van der Waals surface area contributed by atoms with Crippen LogP contribution in [-0.2, 0) is 0 Å². The first-order chi connectivity index (χ1) is 15.8. The molecule has 3 aromatic rings. The summed E-state index contributed by atoms with van der Waals surface area (Å²) in [5, 5.41) is 3.24. The number of aromatic nitrogens is 1. The largest absolute Gasteiger partial charge is 0.444 e. The molecule has 1 aromatic heterocycles. The molecule has 0 fully saturated rings. The summed E-state index contributed by atoms with van der Waals surface area (Å²) in [4.78, 5) is 4.47. The van der Waals surface area contributed by atoms with Crippen LogP contribution in [0.2, 0.25) is 0 Å². The number of hydrogen-bond acceptors (Lipinski definition) is 3. The predicted molar refractivity (Wildman–Crippen MR) is 137 cm³/mol. The number of anilines is 1. The standard InChI is InChI=1S/C29H33FN2O/c1-7-24(8-2)33-29-12-9-22(18-32-29)26-15-21(6)27(16-20(26)5)25-11-10-23(17-28(25)30)31-14-13-19(3)4/h7,9-13,15-18,31H,8,14H2,1-6H3. The number of pyridine rings is 1. The molecule has 0 spiro atoms. The minimum absolute atomic E-state index is 0.230. The van der Waals surface area contributed by atoms with Gasteiger partial charge < -0.3 is 10.1 Å². The van der Waals surface area contributed by atoms with Gasteiger partial charge in [-0.1, -0.05) is 30.7 Å². The highest BCUT2D eigenvalue weighted by molar-refractivity contribution is 5.77. The van der Waals surface area contributed by atoms with Gasteiger partial charge in [-0.15, -0.1) is 0 Å². The maximum absolute atomic E-state index is 15.0. The highest BCUT2D eigenvalue weighted by atomic mass is 19.1. The van der Waals surface area contributed by atoms with E-state index in [0.29, 0.717) is 18.0 Å². The molecular weight excluding hydrogens is 411 g/mol. The molecule has 0 aliphatic rings. The summed E-state index contributed by atoms with van der Waals surface area (Å²) < 4.78 is 20.8. The molecule has 3 rings (SSSR count). The Kier molecular flexibility index (Phi) is 8.05. The summed E-state index contributed by atoms with van der Waals surface area (Å²) in [7, 11) is 0. The molecule has 0 saturated carbocycles. The molecule has 172 valence electrons. The van der Waals surface area contributed by atoms with Gasteiger partial charge in [0, 0.05) is 42.0 Å². The molecule has 0 saturated heterocycles. The molecule has 0 bridgehead atoms. The first-order valence-corrected chi connectivity index (χ1v) is 11.4. The van der Waals surface area contributed by atoms with Crippen molar-refractivity contribution in [2.75, 3.05) is 11.9 Å². The SMILES string of the molecule is CC=C(CC)Oc1ccc(-c2cc(C)c(-c3ccc(NCC=C(C)C)cc3F)cc2C)cn1. The van der Waals surface area contributed by atoms with Gasteiger partial charge in [-0.05, 0) is 87.2 Å². The van der Waals surface area contributed by atoms with Crippen molar-refractivity contribution >= 4 is 5.69 Å². The van der Waals surface area contributed by atoms with Crippen LogP contribution < -0.4 is 10.1 Å². The van der Waals surface area contributed by atoms with Crippen molar-refractivity contribution < 1.29 is 9.13 Å². The number of nitrogens with one attached hydrogen (secondary N) is 1. The second-order valence-corrected chi connectivity index (χ2v) is 8.43. The van der Waals surface area contributed by atoms with Gasteiger partial charge in [-0.25, -0.2) is 9.37 Å². The van der Waals surface area contributed by atoms with E-state index in [1.54, 1.807) is 6.07 Å². The van der Waals surface area contributed by atoms with Crippen LogP contribution in [0.15, 0.2) is 72.1 Å². The van der Waals surface area contributed by atoms with Gasteiger partial charge in [-0.3, -0.25) is 0 Å². The third kappa shape index (κ3) is 6.10. The lowest BCUT2D eigenvalue weighted by Crippen LogP contribution is -2.00. The molecule has 0 radical (unpaired) electrons. The topological polar surface area (TPSA) is 34.1 Å². The van der Waals surface area contributed by atoms with Gasteiger partial charge in [-0.2, -0.15) is 0 Å². The molecule has 3 nitrogen and oxygen atoms in total. The number of allylic oxidation sites excluding steroid dienone is 3. The summed E-state index contributed by atoms with van der Waals surface area (Å²) >= 11 is 0. The van der Waals surface area contributed by atoms with Crippen LogP contribution in [0, 0.1) is 19.7 Å². The van der Waals surface area contributed by atoms with Gasteiger partial charge in [0.1, 0.15) is 11.6 Å². The van der Waals surface area contributed by atoms with Crippen molar-refractivity contribution in [3.8, 4) is 28.1 Å². The third-order valence-corrected chi connectivity index (χ3v) is 5.60. The van der Waals surface area contributed by atoms with Gasteiger partial charge in [0.2, 0.25) is 5.88 Å². The molecule has 0 atom stereocenters. The zero-order chi connectivity index (χ0) is 24.0. The molecule has 0 aliphatic carbocycles. The quantitative estimate of drug-likeness (QED) is 0.280. The van der Waals surface area contributed by atoms with Gasteiger partial charge in [0.05, 0.1) is 0 Å². The normalized spacial score (nSPS) is 11.3.